The second-order valence-electron chi connectivity index (χ2n) is 0.236. The Labute approximate surface area is 39.7 Å². The first-order valence-corrected chi connectivity index (χ1v) is 0.742. The monoisotopic (exact) mass is 142 g/mol. The van der Waals surface area contributed by atoms with Gasteiger partial charge in [-0.15, -0.1) is 6.58 Å². The minimum atomic E-state index is 0. The molecule has 0 amide bonds. The summed E-state index contributed by atoms with van der Waals surface area (Å²) >= 11 is 0. The fraction of sp³-hybridized carbons (Fsp3) is 0. The minimum Gasteiger partial charge on any atom is -0.103 e. The number of hydrogen-bond acceptors (Lipinski definition) is 0. The van der Waals surface area contributed by atoms with Gasteiger partial charge in [0.1, 0.15) is 0 Å². The molecule has 0 aromatic carbocycles. The van der Waals surface area contributed by atoms with Crippen LogP contribution in [0.15, 0.2) is 12.7 Å². The van der Waals surface area contributed by atoms with Crippen molar-refractivity contribution in [1.29, 1.82) is 0 Å². The summed E-state index contributed by atoms with van der Waals surface area (Å²) in [5.74, 6) is 0. The molecule has 0 bridgehead atoms. The van der Waals surface area contributed by atoms with E-state index >= 15 is 0 Å². The Hall–Kier alpha value is 0.363. The van der Waals surface area contributed by atoms with Crippen molar-refractivity contribution in [3.63, 3.8) is 0 Å². The Bertz CT molecular complexity index is 10.8. The van der Waals surface area contributed by atoms with Crippen molar-refractivity contribution in [3.8, 4) is 0 Å². The standard InChI is InChI=1S/C3H4.Ru/c1-3-2;/h1,3H,2H2;. The molecule has 0 aliphatic carbocycles. The van der Waals surface area contributed by atoms with Crippen LogP contribution in [0.1, 0.15) is 0 Å². The molecule has 0 heterocycles. The maximum Gasteiger partial charge on any atom is 0 e. The van der Waals surface area contributed by atoms with E-state index in [4.69, 9.17) is 0 Å². The zero-order valence-corrected chi connectivity index (χ0v) is 3.95. The quantitative estimate of drug-likeness (QED) is 0.439. The SMILES string of the molecule is [CH]C=C.[Ru]. The second-order valence-corrected chi connectivity index (χ2v) is 0.236. The molecule has 0 saturated carbocycles. The predicted molar refractivity (Wildman–Crippen MR) is 14.5 cm³/mol. The zero-order valence-electron chi connectivity index (χ0n) is 2.22. The van der Waals surface area contributed by atoms with Crippen molar-refractivity contribution < 1.29 is 19.5 Å². The molecule has 0 nitrogen and oxygen atoms in total. The minimum absolute atomic E-state index is 0. The molecule has 0 aromatic heterocycles. The van der Waals surface area contributed by atoms with Crippen LogP contribution in [0.3, 0.4) is 0 Å². The van der Waals surface area contributed by atoms with Crippen molar-refractivity contribution in [1.82, 2.24) is 0 Å². The van der Waals surface area contributed by atoms with Gasteiger partial charge in [-0.2, -0.15) is 0 Å². The Balaban J connectivity index is 0. The van der Waals surface area contributed by atoms with Crippen LogP contribution in [0.5, 0.6) is 0 Å². The van der Waals surface area contributed by atoms with Crippen LogP contribution in [-0.4, -0.2) is 0 Å². The van der Waals surface area contributed by atoms with E-state index < -0.39 is 0 Å². The van der Waals surface area contributed by atoms with E-state index in [2.05, 4.69) is 13.5 Å². The molecule has 0 fully saturated rings. The summed E-state index contributed by atoms with van der Waals surface area (Å²) in [6, 6.07) is 0. The fourth-order valence-electron chi connectivity index (χ4n) is 0. The predicted octanol–water partition coefficient (Wildman–Crippen LogP) is 0.881. The summed E-state index contributed by atoms with van der Waals surface area (Å²) in [5.41, 5.74) is 0. The molecule has 2 radical (unpaired) electrons. The molecule has 24 valence electrons. The third kappa shape index (κ3) is 33.3. The van der Waals surface area contributed by atoms with Gasteiger partial charge in [-0.1, -0.05) is 6.08 Å². The molecule has 0 aromatic rings. The second kappa shape index (κ2) is 10.1. The van der Waals surface area contributed by atoms with Crippen LogP contribution in [0.25, 0.3) is 0 Å². The Morgan fingerprint density at radius 1 is 1.75 bits per heavy atom. The van der Waals surface area contributed by atoms with E-state index in [0.717, 1.165) is 0 Å². The average Bonchev–Trinajstić information content (AvgIpc) is 0.918. The summed E-state index contributed by atoms with van der Waals surface area (Å²) in [4.78, 5) is 0. The number of rotatable bonds is 0. The molecule has 0 spiro atoms. The molecule has 0 N–H and O–H groups in total. The third-order valence-corrected chi connectivity index (χ3v) is 0. The van der Waals surface area contributed by atoms with Crippen LogP contribution in [0.4, 0.5) is 0 Å². The van der Waals surface area contributed by atoms with Gasteiger partial charge in [0, 0.05) is 19.5 Å². The molecule has 0 aliphatic heterocycles. The summed E-state index contributed by atoms with van der Waals surface area (Å²) in [6.45, 7) is 7.75. The maximum atomic E-state index is 4.61. The number of hydrogen-bond donors (Lipinski definition) is 0. The van der Waals surface area contributed by atoms with Crippen molar-refractivity contribution in [2.45, 2.75) is 0 Å². The van der Waals surface area contributed by atoms with Gasteiger partial charge in [0.25, 0.3) is 0 Å². The molecule has 1 heteroatoms. The van der Waals surface area contributed by atoms with E-state index in [0.29, 0.717) is 0 Å². The molecule has 4 heavy (non-hydrogen) atoms. The first kappa shape index (κ1) is 8.84. The molecule has 0 unspecified atom stereocenters. The van der Waals surface area contributed by atoms with E-state index in [1.54, 1.807) is 0 Å². The summed E-state index contributed by atoms with van der Waals surface area (Å²) in [5, 5.41) is 0. The van der Waals surface area contributed by atoms with Gasteiger partial charge in [-0.3, -0.25) is 0 Å². The maximum absolute atomic E-state index is 4.61. The topological polar surface area (TPSA) is 0 Å². The van der Waals surface area contributed by atoms with Crippen molar-refractivity contribution in [2.24, 2.45) is 0 Å². The van der Waals surface area contributed by atoms with Gasteiger partial charge in [0.2, 0.25) is 0 Å². The van der Waals surface area contributed by atoms with Gasteiger partial charge in [0.05, 0.1) is 0 Å². The molecule has 0 saturated heterocycles. The molecular weight excluding hydrogens is 137 g/mol. The zero-order chi connectivity index (χ0) is 2.71. The third-order valence-electron chi connectivity index (χ3n) is 0. The summed E-state index contributed by atoms with van der Waals surface area (Å²) in [7, 11) is 0. The van der Waals surface area contributed by atoms with Gasteiger partial charge < -0.3 is 0 Å². The first-order valence-electron chi connectivity index (χ1n) is 0.742. The van der Waals surface area contributed by atoms with E-state index in [-0.39, 0.29) is 19.5 Å². The van der Waals surface area contributed by atoms with Crippen molar-refractivity contribution in [3.05, 3.63) is 19.6 Å². The molecular formula is C3H4Ru. The smallest absolute Gasteiger partial charge is 0 e. The summed E-state index contributed by atoms with van der Waals surface area (Å²) < 4.78 is 0. The van der Waals surface area contributed by atoms with Crippen LogP contribution < -0.4 is 0 Å². The van der Waals surface area contributed by atoms with Crippen molar-refractivity contribution >= 4 is 0 Å². The van der Waals surface area contributed by atoms with Crippen molar-refractivity contribution in [2.75, 3.05) is 0 Å². The summed E-state index contributed by atoms with van der Waals surface area (Å²) in [6.07, 6.45) is 1.25. The molecule has 0 atom stereocenters. The number of allylic oxidation sites excluding steroid dienone is 1. The molecule has 0 aliphatic rings. The van der Waals surface area contributed by atoms with Crippen LogP contribution >= 0.6 is 0 Å². The first-order chi connectivity index (χ1) is 1.41. The van der Waals surface area contributed by atoms with Crippen LogP contribution in [0.2, 0.25) is 0 Å². The van der Waals surface area contributed by atoms with E-state index in [1.807, 2.05) is 0 Å². The Morgan fingerprint density at radius 2 is 1.75 bits per heavy atom. The van der Waals surface area contributed by atoms with E-state index in [9.17, 15) is 0 Å². The molecule has 0 rings (SSSR count). The van der Waals surface area contributed by atoms with Crippen LogP contribution in [-0.2, 0) is 19.5 Å². The Morgan fingerprint density at radius 3 is 1.75 bits per heavy atom. The van der Waals surface area contributed by atoms with E-state index in [1.165, 1.54) is 6.08 Å². The average molecular weight is 141 g/mol. The van der Waals surface area contributed by atoms with Gasteiger partial charge >= 0.3 is 0 Å². The fourth-order valence-corrected chi connectivity index (χ4v) is 0. The van der Waals surface area contributed by atoms with Crippen LogP contribution in [0, 0.1) is 6.92 Å². The van der Waals surface area contributed by atoms with Gasteiger partial charge in [-0.05, 0) is 6.92 Å². The largest absolute Gasteiger partial charge is 0.103 e. The Kier molecular flexibility index (Phi) is 22.3. The van der Waals surface area contributed by atoms with Gasteiger partial charge in [0.15, 0.2) is 0 Å². The normalized spacial score (nSPS) is 3.25. The van der Waals surface area contributed by atoms with Gasteiger partial charge in [-0.25, -0.2) is 0 Å².